The van der Waals surface area contributed by atoms with Crippen LogP contribution in [0.2, 0.25) is 0 Å². The highest BCUT2D eigenvalue weighted by atomic mass is 16.2. The highest BCUT2D eigenvalue weighted by Crippen LogP contribution is 2.35. The summed E-state index contributed by atoms with van der Waals surface area (Å²) in [5.41, 5.74) is 2.28. The van der Waals surface area contributed by atoms with Gasteiger partial charge >= 0.3 is 0 Å². The number of fused-ring (bicyclic) bond motifs is 1. The molecule has 1 aromatic heterocycles. The van der Waals surface area contributed by atoms with Gasteiger partial charge in [-0.2, -0.15) is 0 Å². The van der Waals surface area contributed by atoms with Crippen LogP contribution in [-0.2, 0) is 16.1 Å². The van der Waals surface area contributed by atoms with Crippen molar-refractivity contribution in [3.63, 3.8) is 0 Å². The second-order valence-corrected chi connectivity index (χ2v) is 10.5. The first-order chi connectivity index (χ1) is 17.4. The van der Waals surface area contributed by atoms with Crippen LogP contribution in [0.1, 0.15) is 38.2 Å². The van der Waals surface area contributed by atoms with Gasteiger partial charge in [-0.15, -0.1) is 0 Å². The fourth-order valence-corrected chi connectivity index (χ4v) is 6.03. The van der Waals surface area contributed by atoms with Crippen LogP contribution in [0.3, 0.4) is 0 Å². The molecule has 3 heterocycles. The Hall–Kier alpha value is -3.16. The fourth-order valence-electron chi connectivity index (χ4n) is 6.03. The monoisotopic (exact) mass is 487 g/mol. The van der Waals surface area contributed by atoms with Gasteiger partial charge in [0.05, 0.1) is 0 Å². The number of hydrogen-bond donors (Lipinski definition) is 2. The lowest BCUT2D eigenvalue weighted by atomic mass is 9.82. The van der Waals surface area contributed by atoms with Gasteiger partial charge in [0.2, 0.25) is 11.8 Å². The largest absolute Gasteiger partial charge is 0.361 e. The maximum absolute atomic E-state index is 14.0. The van der Waals surface area contributed by atoms with E-state index in [1.165, 1.54) is 5.56 Å². The minimum absolute atomic E-state index is 0.00250. The number of piperidine rings is 2. The number of anilines is 1. The fraction of sp³-hybridized carbons (Fsp3) is 0.448. The van der Waals surface area contributed by atoms with Crippen LogP contribution in [0.25, 0.3) is 10.9 Å². The standard InChI is InChI=1S/C29H37N5O2/c1-22(35)34(26-11-16-33(17-12-26)21-23-6-4-3-5-7-23)29(13-18-32(2)19-14-29)28(36)31-25-8-9-27-24(20-25)10-15-30-27/h3-10,15,20,26,30H,11-14,16-19,21H2,1-2H3,(H,31,36). The lowest BCUT2D eigenvalue weighted by molar-refractivity contribution is -0.152. The van der Waals surface area contributed by atoms with E-state index in [-0.39, 0.29) is 17.9 Å². The van der Waals surface area contributed by atoms with Gasteiger partial charge in [0.25, 0.3) is 0 Å². The topological polar surface area (TPSA) is 71.7 Å². The van der Waals surface area contributed by atoms with Gasteiger partial charge in [-0.1, -0.05) is 30.3 Å². The Bertz CT molecular complexity index is 1190. The second-order valence-electron chi connectivity index (χ2n) is 10.5. The van der Waals surface area contributed by atoms with E-state index in [0.717, 1.165) is 62.2 Å². The van der Waals surface area contributed by atoms with Crippen LogP contribution < -0.4 is 5.32 Å². The number of aromatic nitrogens is 1. The molecule has 2 amide bonds. The highest BCUT2D eigenvalue weighted by Gasteiger charge is 2.50. The van der Waals surface area contributed by atoms with Gasteiger partial charge in [0.15, 0.2) is 0 Å². The number of nitrogens with zero attached hydrogens (tertiary/aromatic N) is 3. The first kappa shape index (κ1) is 24.5. The van der Waals surface area contributed by atoms with Crippen molar-refractivity contribution in [1.29, 1.82) is 0 Å². The van der Waals surface area contributed by atoms with Crippen molar-refractivity contribution in [3.05, 3.63) is 66.4 Å². The van der Waals surface area contributed by atoms with Crippen LogP contribution in [-0.4, -0.2) is 76.3 Å². The van der Waals surface area contributed by atoms with E-state index >= 15 is 0 Å². The number of amides is 2. The van der Waals surface area contributed by atoms with Crippen LogP contribution >= 0.6 is 0 Å². The minimum atomic E-state index is -0.836. The first-order valence-corrected chi connectivity index (χ1v) is 13.1. The molecule has 2 saturated heterocycles. The van der Waals surface area contributed by atoms with Crippen molar-refractivity contribution in [2.24, 2.45) is 0 Å². The Labute approximate surface area is 213 Å². The van der Waals surface area contributed by atoms with Gasteiger partial charge in [0, 0.05) is 68.5 Å². The van der Waals surface area contributed by atoms with Crippen molar-refractivity contribution >= 4 is 28.4 Å². The predicted molar refractivity (Wildman–Crippen MR) is 144 cm³/mol. The van der Waals surface area contributed by atoms with Gasteiger partial charge in [-0.25, -0.2) is 0 Å². The average molecular weight is 488 g/mol. The molecule has 0 aliphatic carbocycles. The summed E-state index contributed by atoms with van der Waals surface area (Å²) in [6, 6.07) is 18.5. The summed E-state index contributed by atoms with van der Waals surface area (Å²) in [6.45, 7) is 5.99. The smallest absolute Gasteiger partial charge is 0.250 e. The van der Waals surface area contributed by atoms with E-state index in [4.69, 9.17) is 0 Å². The summed E-state index contributed by atoms with van der Waals surface area (Å²) in [6.07, 6.45) is 4.95. The molecule has 36 heavy (non-hydrogen) atoms. The minimum Gasteiger partial charge on any atom is -0.361 e. The van der Waals surface area contributed by atoms with E-state index in [9.17, 15) is 9.59 Å². The Kier molecular flexibility index (Phi) is 7.12. The summed E-state index contributed by atoms with van der Waals surface area (Å²) in [5, 5.41) is 4.24. The quantitative estimate of drug-likeness (QED) is 0.550. The third kappa shape index (κ3) is 5.04. The molecular weight excluding hydrogens is 450 g/mol. The van der Waals surface area contributed by atoms with Crippen molar-refractivity contribution in [1.82, 2.24) is 19.7 Å². The number of likely N-dealkylation sites (tertiary alicyclic amines) is 2. The average Bonchev–Trinajstić information content (AvgIpc) is 3.35. The molecule has 0 radical (unpaired) electrons. The molecule has 7 nitrogen and oxygen atoms in total. The first-order valence-electron chi connectivity index (χ1n) is 13.1. The summed E-state index contributed by atoms with van der Waals surface area (Å²) in [4.78, 5) is 37.1. The highest BCUT2D eigenvalue weighted by molar-refractivity contribution is 6.01. The van der Waals surface area contributed by atoms with E-state index < -0.39 is 5.54 Å². The van der Waals surface area contributed by atoms with Crippen LogP contribution in [0, 0.1) is 0 Å². The molecule has 0 bridgehead atoms. The summed E-state index contributed by atoms with van der Waals surface area (Å²) >= 11 is 0. The van der Waals surface area contributed by atoms with Gasteiger partial charge < -0.3 is 20.1 Å². The summed E-state index contributed by atoms with van der Waals surface area (Å²) in [5.74, 6) is -0.0651. The van der Waals surface area contributed by atoms with E-state index in [2.05, 4.69) is 51.4 Å². The number of carbonyl (C=O) groups excluding carboxylic acids is 2. The number of nitrogens with one attached hydrogen (secondary N) is 2. The van der Waals surface area contributed by atoms with Crippen molar-refractivity contribution in [3.8, 4) is 0 Å². The van der Waals surface area contributed by atoms with Crippen LogP contribution in [0.5, 0.6) is 0 Å². The molecule has 0 saturated carbocycles. The van der Waals surface area contributed by atoms with Gasteiger partial charge in [0.1, 0.15) is 5.54 Å². The molecule has 2 N–H and O–H groups in total. The number of rotatable bonds is 6. The number of carbonyl (C=O) groups is 2. The van der Waals surface area contributed by atoms with E-state index in [1.807, 2.05) is 41.4 Å². The maximum atomic E-state index is 14.0. The maximum Gasteiger partial charge on any atom is 0.250 e. The zero-order valence-corrected chi connectivity index (χ0v) is 21.4. The van der Waals surface area contributed by atoms with E-state index in [0.29, 0.717) is 12.8 Å². The van der Waals surface area contributed by atoms with Gasteiger partial charge in [-0.3, -0.25) is 14.5 Å². The SMILES string of the molecule is CC(=O)N(C1CCN(Cc2ccccc2)CC1)C1(C(=O)Nc2ccc3[nH]ccc3c2)CCN(C)CC1. The summed E-state index contributed by atoms with van der Waals surface area (Å²) < 4.78 is 0. The lowest BCUT2D eigenvalue weighted by Gasteiger charge is -2.51. The molecule has 3 aromatic rings. The van der Waals surface area contributed by atoms with Crippen molar-refractivity contribution < 1.29 is 9.59 Å². The Morgan fingerprint density at radius 2 is 1.75 bits per heavy atom. The van der Waals surface area contributed by atoms with Crippen LogP contribution in [0.15, 0.2) is 60.8 Å². The molecule has 0 spiro atoms. The Morgan fingerprint density at radius 3 is 2.44 bits per heavy atom. The number of benzene rings is 2. The summed E-state index contributed by atoms with van der Waals surface area (Å²) in [7, 11) is 2.09. The normalized spacial score (nSPS) is 19.3. The zero-order chi connectivity index (χ0) is 25.1. The van der Waals surface area contributed by atoms with Crippen LogP contribution in [0.4, 0.5) is 5.69 Å². The number of aromatic amines is 1. The molecule has 0 unspecified atom stereocenters. The molecule has 2 aromatic carbocycles. The number of hydrogen-bond acceptors (Lipinski definition) is 4. The Balaban J connectivity index is 1.35. The Morgan fingerprint density at radius 1 is 1.03 bits per heavy atom. The number of H-pyrrole nitrogens is 1. The molecular formula is C29H37N5O2. The molecule has 7 heteroatoms. The van der Waals surface area contributed by atoms with Gasteiger partial charge in [-0.05, 0) is 62.6 Å². The zero-order valence-electron chi connectivity index (χ0n) is 21.4. The van der Waals surface area contributed by atoms with E-state index in [1.54, 1.807) is 6.92 Å². The molecule has 2 aliphatic rings. The molecule has 5 rings (SSSR count). The third-order valence-corrected chi connectivity index (χ3v) is 8.02. The van der Waals surface area contributed by atoms with Crippen molar-refractivity contribution in [2.75, 3.05) is 38.5 Å². The molecule has 0 atom stereocenters. The molecule has 190 valence electrons. The second kappa shape index (κ2) is 10.4. The third-order valence-electron chi connectivity index (χ3n) is 8.02. The lowest BCUT2D eigenvalue weighted by Crippen LogP contribution is -2.66. The van der Waals surface area contributed by atoms with Crippen molar-refractivity contribution in [2.45, 2.75) is 50.7 Å². The molecule has 2 aliphatic heterocycles. The predicted octanol–water partition coefficient (Wildman–Crippen LogP) is 4.08. The molecule has 2 fully saturated rings.